The van der Waals surface area contributed by atoms with Crippen LogP contribution < -0.4 is 0 Å². The Labute approximate surface area is 129 Å². The molecule has 0 aliphatic carbocycles. The molecule has 1 saturated heterocycles. The van der Waals surface area contributed by atoms with Crippen LogP contribution in [0.1, 0.15) is 25.0 Å². The second kappa shape index (κ2) is 6.56. The molecule has 0 spiro atoms. The van der Waals surface area contributed by atoms with Crippen molar-refractivity contribution in [1.29, 1.82) is 0 Å². The molecule has 118 valence electrons. The summed E-state index contributed by atoms with van der Waals surface area (Å²) in [6.07, 6.45) is 5.54. The van der Waals surface area contributed by atoms with Crippen molar-refractivity contribution in [3.8, 4) is 11.3 Å². The summed E-state index contributed by atoms with van der Waals surface area (Å²) in [5, 5.41) is 23.6. The van der Waals surface area contributed by atoms with Gasteiger partial charge in [0.2, 0.25) is 0 Å². The minimum atomic E-state index is -0.932. The summed E-state index contributed by atoms with van der Waals surface area (Å²) in [6.45, 7) is 2.12. The molecule has 2 aromatic rings. The van der Waals surface area contributed by atoms with Gasteiger partial charge in [-0.25, -0.2) is 0 Å². The number of aromatic nitrogens is 2. The summed E-state index contributed by atoms with van der Waals surface area (Å²) in [7, 11) is 0. The third-order valence-electron chi connectivity index (χ3n) is 4.22. The van der Waals surface area contributed by atoms with E-state index in [0.717, 1.165) is 36.5 Å². The maximum absolute atomic E-state index is 10.2. The van der Waals surface area contributed by atoms with E-state index < -0.39 is 5.60 Å². The zero-order valence-electron chi connectivity index (χ0n) is 12.5. The summed E-state index contributed by atoms with van der Waals surface area (Å²) in [4.78, 5) is 6.22. The van der Waals surface area contributed by atoms with Crippen LogP contribution in [-0.2, 0) is 6.54 Å². The van der Waals surface area contributed by atoms with Crippen molar-refractivity contribution in [2.24, 2.45) is 0 Å². The minimum absolute atomic E-state index is 0.171. The van der Waals surface area contributed by atoms with Crippen LogP contribution in [0.25, 0.3) is 11.3 Å². The van der Waals surface area contributed by atoms with E-state index in [1.54, 1.807) is 12.4 Å². The third-order valence-corrected chi connectivity index (χ3v) is 4.22. The maximum Gasteiger partial charge on any atom is 0.151 e. The Morgan fingerprint density at radius 2 is 2.05 bits per heavy atom. The summed E-state index contributed by atoms with van der Waals surface area (Å²) in [5.41, 5.74) is 0.854. The lowest BCUT2D eigenvalue weighted by atomic mass is 9.96. The summed E-state index contributed by atoms with van der Waals surface area (Å²) < 4.78 is 5.42. The van der Waals surface area contributed by atoms with Crippen molar-refractivity contribution in [2.45, 2.75) is 31.4 Å². The molecule has 22 heavy (non-hydrogen) atoms. The lowest BCUT2D eigenvalue weighted by Gasteiger charge is -2.24. The SMILES string of the molecule is OCC1(O)CCCN(Cc2cc(-c3ccncc3)no2)CC1. The first-order valence-electron chi connectivity index (χ1n) is 7.60. The zero-order valence-corrected chi connectivity index (χ0v) is 12.5. The van der Waals surface area contributed by atoms with Crippen molar-refractivity contribution in [2.75, 3.05) is 19.7 Å². The molecule has 1 unspecified atom stereocenters. The van der Waals surface area contributed by atoms with E-state index in [1.165, 1.54) is 0 Å². The van der Waals surface area contributed by atoms with E-state index in [0.29, 0.717) is 19.4 Å². The van der Waals surface area contributed by atoms with Gasteiger partial charge in [0.15, 0.2) is 5.76 Å². The van der Waals surface area contributed by atoms with Gasteiger partial charge in [0.05, 0.1) is 18.8 Å². The molecule has 6 heteroatoms. The molecule has 0 radical (unpaired) electrons. The van der Waals surface area contributed by atoms with Gasteiger partial charge < -0.3 is 14.7 Å². The molecule has 2 aromatic heterocycles. The van der Waals surface area contributed by atoms with Gasteiger partial charge in [0, 0.05) is 30.6 Å². The fourth-order valence-corrected chi connectivity index (χ4v) is 2.82. The number of pyridine rings is 1. The smallest absolute Gasteiger partial charge is 0.151 e. The van der Waals surface area contributed by atoms with Crippen molar-refractivity contribution < 1.29 is 14.7 Å². The van der Waals surface area contributed by atoms with Crippen LogP contribution in [-0.4, -0.2) is 50.6 Å². The standard InChI is InChI=1S/C16H21N3O3/c20-12-16(21)4-1-8-19(9-5-16)11-14-10-15(18-22-14)13-2-6-17-7-3-13/h2-3,6-7,10,20-21H,1,4-5,8-9,11-12H2. The van der Waals surface area contributed by atoms with Crippen LogP contribution in [0.4, 0.5) is 0 Å². The maximum atomic E-state index is 10.2. The second-order valence-electron chi connectivity index (χ2n) is 5.93. The number of rotatable bonds is 4. The molecule has 6 nitrogen and oxygen atoms in total. The normalized spacial score (nSPS) is 23.4. The summed E-state index contributed by atoms with van der Waals surface area (Å²) in [6, 6.07) is 5.74. The average molecular weight is 303 g/mol. The molecule has 0 saturated carbocycles. The van der Waals surface area contributed by atoms with Gasteiger partial charge in [-0.15, -0.1) is 0 Å². The predicted octanol–water partition coefficient (Wildman–Crippen LogP) is 1.45. The lowest BCUT2D eigenvalue weighted by molar-refractivity contribution is -0.0256. The van der Waals surface area contributed by atoms with Crippen LogP contribution in [0, 0.1) is 0 Å². The van der Waals surface area contributed by atoms with E-state index >= 15 is 0 Å². The van der Waals surface area contributed by atoms with Gasteiger partial charge in [-0.2, -0.15) is 0 Å². The zero-order chi connectivity index (χ0) is 15.4. The Morgan fingerprint density at radius 3 is 2.82 bits per heavy atom. The highest BCUT2D eigenvalue weighted by molar-refractivity contribution is 5.57. The van der Waals surface area contributed by atoms with Crippen molar-refractivity contribution >= 4 is 0 Å². The molecular formula is C16H21N3O3. The molecule has 1 fully saturated rings. The third kappa shape index (κ3) is 3.52. The van der Waals surface area contributed by atoms with Crippen LogP contribution in [0.5, 0.6) is 0 Å². The summed E-state index contributed by atoms with van der Waals surface area (Å²) >= 11 is 0. The first-order valence-corrected chi connectivity index (χ1v) is 7.60. The molecule has 0 bridgehead atoms. The predicted molar refractivity (Wildman–Crippen MR) is 80.9 cm³/mol. The highest BCUT2D eigenvalue weighted by Crippen LogP contribution is 2.24. The number of aliphatic hydroxyl groups is 2. The Balaban J connectivity index is 1.63. The number of hydrogen-bond donors (Lipinski definition) is 2. The first-order chi connectivity index (χ1) is 10.7. The van der Waals surface area contributed by atoms with E-state index in [2.05, 4.69) is 15.0 Å². The Morgan fingerprint density at radius 1 is 1.23 bits per heavy atom. The molecule has 0 amide bonds. The highest BCUT2D eigenvalue weighted by Gasteiger charge is 2.29. The van der Waals surface area contributed by atoms with Crippen LogP contribution in [0.3, 0.4) is 0 Å². The monoisotopic (exact) mass is 303 g/mol. The second-order valence-corrected chi connectivity index (χ2v) is 5.93. The minimum Gasteiger partial charge on any atom is -0.393 e. The largest absolute Gasteiger partial charge is 0.393 e. The van der Waals surface area contributed by atoms with Gasteiger partial charge in [-0.05, 0) is 37.9 Å². The van der Waals surface area contributed by atoms with Crippen molar-refractivity contribution in [3.63, 3.8) is 0 Å². The number of hydrogen-bond acceptors (Lipinski definition) is 6. The number of likely N-dealkylation sites (tertiary alicyclic amines) is 1. The quantitative estimate of drug-likeness (QED) is 0.889. The van der Waals surface area contributed by atoms with Gasteiger partial charge in [0.1, 0.15) is 5.69 Å². The molecule has 1 atom stereocenters. The van der Waals surface area contributed by atoms with Gasteiger partial charge in [-0.3, -0.25) is 9.88 Å². The Bertz CT molecular complexity index is 602. The van der Waals surface area contributed by atoms with Crippen molar-refractivity contribution in [1.82, 2.24) is 15.0 Å². The Kier molecular flexibility index (Phi) is 4.52. The van der Waals surface area contributed by atoms with E-state index in [1.807, 2.05) is 18.2 Å². The van der Waals surface area contributed by atoms with Crippen LogP contribution in [0.15, 0.2) is 35.1 Å². The lowest BCUT2D eigenvalue weighted by Crippen LogP contribution is -2.34. The van der Waals surface area contributed by atoms with Crippen LogP contribution in [0.2, 0.25) is 0 Å². The van der Waals surface area contributed by atoms with E-state index in [4.69, 9.17) is 4.52 Å². The molecule has 3 heterocycles. The topological polar surface area (TPSA) is 82.6 Å². The fraction of sp³-hybridized carbons (Fsp3) is 0.500. The average Bonchev–Trinajstić information content (AvgIpc) is 2.93. The number of aliphatic hydroxyl groups excluding tert-OH is 1. The van der Waals surface area contributed by atoms with Gasteiger partial charge in [0.25, 0.3) is 0 Å². The molecule has 1 aliphatic heterocycles. The van der Waals surface area contributed by atoms with Gasteiger partial charge >= 0.3 is 0 Å². The van der Waals surface area contributed by atoms with Gasteiger partial charge in [-0.1, -0.05) is 5.16 Å². The Hall–Kier alpha value is -1.76. The first kappa shape index (κ1) is 15.1. The molecule has 0 aromatic carbocycles. The summed E-state index contributed by atoms with van der Waals surface area (Å²) in [5.74, 6) is 0.807. The van der Waals surface area contributed by atoms with E-state index in [-0.39, 0.29) is 6.61 Å². The molecule has 3 rings (SSSR count). The fourth-order valence-electron chi connectivity index (χ4n) is 2.82. The molecule has 2 N–H and O–H groups in total. The highest BCUT2D eigenvalue weighted by atomic mass is 16.5. The molecule has 1 aliphatic rings. The van der Waals surface area contributed by atoms with E-state index in [9.17, 15) is 10.2 Å². The molecular weight excluding hydrogens is 282 g/mol. The number of nitrogens with zero attached hydrogens (tertiary/aromatic N) is 3. The van der Waals surface area contributed by atoms with Crippen molar-refractivity contribution in [3.05, 3.63) is 36.4 Å². The van der Waals surface area contributed by atoms with Crippen LogP contribution >= 0.6 is 0 Å².